The van der Waals surface area contributed by atoms with Crippen LogP contribution in [0.5, 0.6) is 0 Å². The average molecular weight is 278 g/mol. The number of piperidine rings is 1. The highest BCUT2D eigenvalue weighted by atomic mass is 16.6. The molecule has 0 aromatic heterocycles. The van der Waals surface area contributed by atoms with E-state index in [0.29, 0.717) is 12.5 Å². The number of nitrogen functional groups attached to an aromatic ring is 1. The molecule has 1 heterocycles. The van der Waals surface area contributed by atoms with Gasteiger partial charge in [-0.2, -0.15) is 0 Å². The molecule has 1 aromatic carbocycles. The zero-order chi connectivity index (χ0) is 14.5. The number of anilines is 1. The van der Waals surface area contributed by atoms with Crippen molar-refractivity contribution >= 4 is 17.3 Å². The molecule has 1 unspecified atom stereocenters. The van der Waals surface area contributed by atoms with Crippen LogP contribution in [0.3, 0.4) is 0 Å². The van der Waals surface area contributed by atoms with Crippen molar-refractivity contribution < 1.29 is 9.72 Å². The van der Waals surface area contributed by atoms with E-state index in [0.717, 1.165) is 25.9 Å². The molecule has 1 aromatic rings. The van der Waals surface area contributed by atoms with Gasteiger partial charge in [0.1, 0.15) is 0 Å². The van der Waals surface area contributed by atoms with E-state index in [-0.39, 0.29) is 22.8 Å². The first kappa shape index (κ1) is 14.3. The number of nitro benzene ring substituents is 1. The van der Waals surface area contributed by atoms with E-state index >= 15 is 0 Å². The van der Waals surface area contributed by atoms with Crippen LogP contribution in [-0.4, -0.2) is 30.5 Å². The summed E-state index contributed by atoms with van der Waals surface area (Å²) in [5, 5.41) is 16.8. The van der Waals surface area contributed by atoms with Crippen LogP contribution in [-0.2, 0) is 0 Å². The number of benzene rings is 1. The molecule has 0 aliphatic carbocycles. The Morgan fingerprint density at radius 1 is 1.55 bits per heavy atom. The van der Waals surface area contributed by atoms with Gasteiger partial charge in [0.05, 0.1) is 10.5 Å². The third-order valence-electron chi connectivity index (χ3n) is 3.44. The van der Waals surface area contributed by atoms with Crippen molar-refractivity contribution in [3.05, 3.63) is 33.9 Å². The average Bonchev–Trinajstić information content (AvgIpc) is 2.46. The summed E-state index contributed by atoms with van der Waals surface area (Å²) in [5.41, 5.74) is 5.97. The second-order valence-electron chi connectivity index (χ2n) is 4.95. The van der Waals surface area contributed by atoms with E-state index in [9.17, 15) is 14.9 Å². The van der Waals surface area contributed by atoms with Crippen LogP contribution in [0.15, 0.2) is 18.2 Å². The first-order chi connectivity index (χ1) is 9.58. The SMILES string of the molecule is Nc1ccc([N+](=O)[O-])cc1C(=O)NCC1CCCNC1. The third-order valence-corrected chi connectivity index (χ3v) is 3.44. The van der Waals surface area contributed by atoms with Gasteiger partial charge in [-0.25, -0.2) is 0 Å². The summed E-state index contributed by atoms with van der Waals surface area (Å²) in [5.74, 6) is 0.0318. The predicted octanol–water partition coefficient (Wildman–Crippen LogP) is 0.906. The molecule has 1 atom stereocenters. The molecule has 4 N–H and O–H groups in total. The molecule has 20 heavy (non-hydrogen) atoms. The maximum atomic E-state index is 12.0. The summed E-state index contributed by atoms with van der Waals surface area (Å²) in [7, 11) is 0. The Balaban J connectivity index is 2.00. The van der Waals surface area contributed by atoms with Gasteiger partial charge in [0.25, 0.3) is 11.6 Å². The van der Waals surface area contributed by atoms with Crippen LogP contribution in [0.4, 0.5) is 11.4 Å². The van der Waals surface area contributed by atoms with Crippen LogP contribution in [0.2, 0.25) is 0 Å². The highest BCUT2D eigenvalue weighted by Crippen LogP contribution is 2.19. The molecule has 1 saturated heterocycles. The highest BCUT2D eigenvalue weighted by Gasteiger charge is 2.18. The van der Waals surface area contributed by atoms with E-state index in [2.05, 4.69) is 10.6 Å². The van der Waals surface area contributed by atoms with Crippen LogP contribution in [0.25, 0.3) is 0 Å². The largest absolute Gasteiger partial charge is 0.398 e. The second kappa shape index (κ2) is 6.33. The monoisotopic (exact) mass is 278 g/mol. The molecule has 1 aliphatic rings. The molecule has 2 rings (SSSR count). The zero-order valence-electron chi connectivity index (χ0n) is 11.1. The summed E-state index contributed by atoms with van der Waals surface area (Å²) in [4.78, 5) is 22.2. The maximum Gasteiger partial charge on any atom is 0.270 e. The van der Waals surface area contributed by atoms with Gasteiger partial charge in [0.2, 0.25) is 0 Å². The first-order valence-corrected chi connectivity index (χ1v) is 6.60. The van der Waals surface area contributed by atoms with Gasteiger partial charge in [-0.15, -0.1) is 0 Å². The van der Waals surface area contributed by atoms with Gasteiger partial charge < -0.3 is 16.4 Å². The molecule has 108 valence electrons. The number of nitrogens with one attached hydrogen (secondary N) is 2. The maximum absolute atomic E-state index is 12.0. The van der Waals surface area contributed by atoms with Crippen molar-refractivity contribution in [1.29, 1.82) is 0 Å². The first-order valence-electron chi connectivity index (χ1n) is 6.60. The zero-order valence-corrected chi connectivity index (χ0v) is 11.1. The Kier molecular flexibility index (Phi) is 4.52. The van der Waals surface area contributed by atoms with Gasteiger partial charge in [0.15, 0.2) is 0 Å². The van der Waals surface area contributed by atoms with Crippen molar-refractivity contribution in [2.75, 3.05) is 25.4 Å². The number of nitro groups is 1. The minimum absolute atomic E-state index is 0.135. The highest BCUT2D eigenvalue weighted by molar-refractivity contribution is 5.99. The van der Waals surface area contributed by atoms with Crippen molar-refractivity contribution in [3.63, 3.8) is 0 Å². The summed E-state index contributed by atoms with van der Waals surface area (Å²) >= 11 is 0. The number of carbonyl (C=O) groups is 1. The van der Waals surface area contributed by atoms with Gasteiger partial charge in [0, 0.05) is 24.4 Å². The molecule has 0 radical (unpaired) electrons. The van der Waals surface area contributed by atoms with E-state index in [4.69, 9.17) is 5.73 Å². The van der Waals surface area contributed by atoms with Gasteiger partial charge in [-0.1, -0.05) is 0 Å². The summed E-state index contributed by atoms with van der Waals surface area (Å²) in [6.07, 6.45) is 2.16. The predicted molar refractivity (Wildman–Crippen MR) is 75.4 cm³/mol. The van der Waals surface area contributed by atoms with Crippen molar-refractivity contribution in [2.24, 2.45) is 5.92 Å². The van der Waals surface area contributed by atoms with Gasteiger partial charge in [-0.3, -0.25) is 14.9 Å². The number of amides is 1. The van der Waals surface area contributed by atoms with Crippen LogP contribution in [0, 0.1) is 16.0 Å². The topological polar surface area (TPSA) is 110 Å². The second-order valence-corrected chi connectivity index (χ2v) is 4.95. The summed E-state index contributed by atoms with van der Waals surface area (Å²) < 4.78 is 0. The van der Waals surface area contributed by atoms with Crippen molar-refractivity contribution in [2.45, 2.75) is 12.8 Å². The minimum Gasteiger partial charge on any atom is -0.398 e. The van der Waals surface area contributed by atoms with E-state index in [1.165, 1.54) is 18.2 Å². The number of non-ortho nitro benzene ring substituents is 1. The fraction of sp³-hybridized carbons (Fsp3) is 0.462. The fourth-order valence-electron chi connectivity index (χ4n) is 2.28. The van der Waals surface area contributed by atoms with E-state index in [1.54, 1.807) is 0 Å². The van der Waals surface area contributed by atoms with Gasteiger partial charge >= 0.3 is 0 Å². The molecular weight excluding hydrogens is 260 g/mol. The van der Waals surface area contributed by atoms with Gasteiger partial charge in [-0.05, 0) is 37.9 Å². The number of carbonyl (C=O) groups excluding carboxylic acids is 1. The molecule has 1 aliphatic heterocycles. The normalized spacial score (nSPS) is 18.5. The lowest BCUT2D eigenvalue weighted by molar-refractivity contribution is -0.384. The number of rotatable bonds is 4. The minimum atomic E-state index is -0.540. The van der Waals surface area contributed by atoms with Crippen LogP contribution in [0.1, 0.15) is 23.2 Å². The number of hydrogen-bond donors (Lipinski definition) is 3. The summed E-state index contributed by atoms with van der Waals surface area (Å²) in [6, 6.07) is 3.89. The molecule has 0 saturated carbocycles. The Hall–Kier alpha value is -2.15. The number of nitrogens with two attached hydrogens (primary N) is 1. The van der Waals surface area contributed by atoms with Crippen molar-refractivity contribution in [3.8, 4) is 0 Å². The molecule has 1 amide bonds. The Morgan fingerprint density at radius 3 is 3.00 bits per heavy atom. The molecule has 7 heteroatoms. The fourth-order valence-corrected chi connectivity index (χ4v) is 2.28. The molecule has 1 fully saturated rings. The number of nitrogens with zero attached hydrogens (tertiary/aromatic N) is 1. The molecule has 0 bridgehead atoms. The van der Waals surface area contributed by atoms with Crippen LogP contribution < -0.4 is 16.4 Å². The van der Waals surface area contributed by atoms with E-state index in [1.807, 2.05) is 0 Å². The lowest BCUT2D eigenvalue weighted by Gasteiger charge is -2.22. The van der Waals surface area contributed by atoms with Crippen molar-refractivity contribution in [1.82, 2.24) is 10.6 Å². The number of hydrogen-bond acceptors (Lipinski definition) is 5. The molecular formula is C13H18N4O3. The van der Waals surface area contributed by atoms with Crippen LogP contribution >= 0.6 is 0 Å². The lowest BCUT2D eigenvalue weighted by Crippen LogP contribution is -2.38. The van der Waals surface area contributed by atoms with E-state index < -0.39 is 4.92 Å². The quantitative estimate of drug-likeness (QED) is 0.430. The lowest BCUT2D eigenvalue weighted by atomic mass is 9.99. The Morgan fingerprint density at radius 2 is 2.35 bits per heavy atom. The summed E-state index contributed by atoms with van der Waals surface area (Å²) in [6.45, 7) is 2.45. The molecule has 7 nitrogen and oxygen atoms in total. The Labute approximate surface area is 116 Å². The Bertz CT molecular complexity index is 512. The standard InChI is InChI=1S/C13H18N4O3/c14-12-4-3-10(17(19)20)6-11(12)13(18)16-8-9-2-1-5-15-7-9/h3-4,6,9,15H,1-2,5,7-8,14H2,(H,16,18). The third kappa shape index (κ3) is 3.45. The molecule has 0 spiro atoms. The smallest absolute Gasteiger partial charge is 0.270 e.